The topological polar surface area (TPSA) is 46.5 Å². The minimum atomic E-state index is -0.904. The molecule has 0 aromatic heterocycles. The standard InChI is InChI=1S/C18H18O3/c19-18(20)16-10-4-2-7-14(16)12-21-17-11-5-8-13-6-1-3-9-15(13)17/h1-4,6-7,9-10,17H,5,8,11-12H2,(H,19,20)/t17-/m1/s1. The number of fused-ring (bicyclic) bond motifs is 1. The summed E-state index contributed by atoms with van der Waals surface area (Å²) < 4.78 is 6.02. The number of hydrogen-bond acceptors (Lipinski definition) is 2. The molecule has 1 aliphatic carbocycles. The number of ether oxygens (including phenoxy) is 1. The molecule has 0 aliphatic heterocycles. The van der Waals surface area contributed by atoms with Gasteiger partial charge in [0.1, 0.15) is 0 Å². The Morgan fingerprint density at radius 1 is 1.14 bits per heavy atom. The van der Waals surface area contributed by atoms with E-state index in [1.165, 1.54) is 11.1 Å². The molecular formula is C18H18O3. The lowest BCUT2D eigenvalue weighted by atomic mass is 9.89. The van der Waals surface area contributed by atoms with Gasteiger partial charge in [-0.1, -0.05) is 42.5 Å². The molecular weight excluding hydrogens is 264 g/mol. The monoisotopic (exact) mass is 282 g/mol. The Hall–Kier alpha value is -2.13. The van der Waals surface area contributed by atoms with Crippen molar-refractivity contribution >= 4 is 5.97 Å². The van der Waals surface area contributed by atoms with Crippen LogP contribution in [-0.2, 0) is 17.8 Å². The SMILES string of the molecule is O=C(O)c1ccccc1CO[C@@H]1CCCc2ccccc21. The van der Waals surface area contributed by atoms with Gasteiger partial charge >= 0.3 is 5.97 Å². The highest BCUT2D eigenvalue weighted by Gasteiger charge is 2.21. The Morgan fingerprint density at radius 3 is 2.76 bits per heavy atom. The molecule has 1 N–H and O–H groups in total. The minimum Gasteiger partial charge on any atom is -0.478 e. The van der Waals surface area contributed by atoms with E-state index >= 15 is 0 Å². The molecule has 1 atom stereocenters. The van der Waals surface area contributed by atoms with Gasteiger partial charge in [0.2, 0.25) is 0 Å². The molecule has 3 heteroatoms. The van der Waals surface area contributed by atoms with Crippen LogP contribution in [0.5, 0.6) is 0 Å². The molecule has 0 bridgehead atoms. The van der Waals surface area contributed by atoms with Gasteiger partial charge in [-0.25, -0.2) is 4.79 Å². The van der Waals surface area contributed by atoms with Crippen LogP contribution in [0.4, 0.5) is 0 Å². The van der Waals surface area contributed by atoms with E-state index in [4.69, 9.17) is 4.74 Å². The van der Waals surface area contributed by atoms with E-state index in [1.807, 2.05) is 18.2 Å². The van der Waals surface area contributed by atoms with Gasteiger partial charge in [0.05, 0.1) is 18.3 Å². The van der Waals surface area contributed by atoms with Gasteiger partial charge < -0.3 is 9.84 Å². The predicted octanol–water partition coefficient (Wildman–Crippen LogP) is 3.98. The first-order chi connectivity index (χ1) is 10.3. The molecule has 0 spiro atoms. The van der Waals surface area contributed by atoms with Gasteiger partial charge in [0, 0.05) is 0 Å². The highest BCUT2D eigenvalue weighted by Crippen LogP contribution is 2.33. The predicted molar refractivity (Wildman–Crippen MR) is 80.3 cm³/mol. The van der Waals surface area contributed by atoms with Crippen molar-refractivity contribution < 1.29 is 14.6 Å². The quantitative estimate of drug-likeness (QED) is 0.922. The molecule has 108 valence electrons. The molecule has 0 unspecified atom stereocenters. The van der Waals surface area contributed by atoms with Gasteiger partial charge in [0.15, 0.2) is 0 Å². The van der Waals surface area contributed by atoms with Crippen LogP contribution in [0.25, 0.3) is 0 Å². The van der Waals surface area contributed by atoms with Crippen LogP contribution in [0.1, 0.15) is 46.0 Å². The fraction of sp³-hybridized carbons (Fsp3) is 0.278. The van der Waals surface area contributed by atoms with Crippen LogP contribution in [0.15, 0.2) is 48.5 Å². The first-order valence-corrected chi connectivity index (χ1v) is 7.26. The van der Waals surface area contributed by atoms with E-state index in [1.54, 1.807) is 12.1 Å². The first-order valence-electron chi connectivity index (χ1n) is 7.26. The maximum atomic E-state index is 11.2. The van der Waals surface area contributed by atoms with Crippen molar-refractivity contribution in [3.63, 3.8) is 0 Å². The molecule has 0 heterocycles. The highest BCUT2D eigenvalue weighted by atomic mass is 16.5. The van der Waals surface area contributed by atoms with Crippen molar-refractivity contribution in [2.75, 3.05) is 0 Å². The largest absolute Gasteiger partial charge is 0.478 e. The second kappa shape index (κ2) is 6.10. The lowest BCUT2D eigenvalue weighted by molar-refractivity contribution is 0.0273. The molecule has 2 aromatic rings. The van der Waals surface area contributed by atoms with Gasteiger partial charge in [-0.15, -0.1) is 0 Å². The van der Waals surface area contributed by atoms with Crippen LogP contribution < -0.4 is 0 Å². The smallest absolute Gasteiger partial charge is 0.336 e. The normalized spacial score (nSPS) is 17.2. The molecule has 21 heavy (non-hydrogen) atoms. The lowest BCUT2D eigenvalue weighted by Gasteiger charge is -2.25. The van der Waals surface area contributed by atoms with E-state index in [2.05, 4.69) is 18.2 Å². The van der Waals surface area contributed by atoms with Crippen LogP contribution in [-0.4, -0.2) is 11.1 Å². The summed E-state index contributed by atoms with van der Waals surface area (Å²) in [5, 5.41) is 9.20. The molecule has 3 rings (SSSR count). The number of aryl methyl sites for hydroxylation is 1. The molecule has 0 saturated heterocycles. The van der Waals surface area contributed by atoms with Gasteiger partial charge in [-0.3, -0.25) is 0 Å². The number of carbonyl (C=O) groups is 1. The second-order valence-corrected chi connectivity index (χ2v) is 5.35. The number of benzene rings is 2. The van der Waals surface area contributed by atoms with Gasteiger partial charge in [0.25, 0.3) is 0 Å². The second-order valence-electron chi connectivity index (χ2n) is 5.35. The minimum absolute atomic E-state index is 0.0665. The summed E-state index contributed by atoms with van der Waals surface area (Å²) in [4.78, 5) is 11.2. The summed E-state index contributed by atoms with van der Waals surface area (Å²) in [7, 11) is 0. The van der Waals surface area contributed by atoms with Crippen molar-refractivity contribution in [2.24, 2.45) is 0 Å². The van der Waals surface area contributed by atoms with Gasteiger partial charge in [-0.2, -0.15) is 0 Å². The van der Waals surface area contributed by atoms with Crippen LogP contribution in [0.2, 0.25) is 0 Å². The molecule has 0 amide bonds. The Balaban J connectivity index is 1.76. The summed E-state index contributed by atoms with van der Waals surface area (Å²) in [6.45, 7) is 0.335. The highest BCUT2D eigenvalue weighted by molar-refractivity contribution is 5.89. The van der Waals surface area contributed by atoms with E-state index in [9.17, 15) is 9.90 Å². The Morgan fingerprint density at radius 2 is 1.90 bits per heavy atom. The van der Waals surface area contributed by atoms with Crippen molar-refractivity contribution in [2.45, 2.75) is 32.0 Å². The molecule has 0 radical (unpaired) electrons. The molecule has 3 nitrogen and oxygen atoms in total. The van der Waals surface area contributed by atoms with Crippen LogP contribution in [0, 0.1) is 0 Å². The summed E-state index contributed by atoms with van der Waals surface area (Å²) in [6.07, 6.45) is 3.27. The zero-order chi connectivity index (χ0) is 14.7. The summed E-state index contributed by atoms with van der Waals surface area (Å²) in [5.41, 5.74) is 3.64. The summed E-state index contributed by atoms with van der Waals surface area (Å²) in [6, 6.07) is 15.4. The van der Waals surface area contributed by atoms with Crippen molar-refractivity contribution in [3.05, 3.63) is 70.8 Å². The number of hydrogen-bond donors (Lipinski definition) is 1. The van der Waals surface area contributed by atoms with E-state index in [0.29, 0.717) is 12.2 Å². The van der Waals surface area contributed by atoms with E-state index < -0.39 is 5.97 Å². The lowest BCUT2D eigenvalue weighted by Crippen LogP contribution is -2.13. The van der Waals surface area contributed by atoms with Crippen LogP contribution in [0.3, 0.4) is 0 Å². The Labute approximate surface area is 124 Å². The van der Waals surface area contributed by atoms with Crippen molar-refractivity contribution in [1.29, 1.82) is 0 Å². The molecule has 2 aromatic carbocycles. The fourth-order valence-electron chi connectivity index (χ4n) is 2.93. The van der Waals surface area contributed by atoms with Crippen LogP contribution >= 0.6 is 0 Å². The first kappa shape index (κ1) is 13.8. The van der Waals surface area contributed by atoms with E-state index in [0.717, 1.165) is 24.8 Å². The third kappa shape index (κ3) is 2.98. The average Bonchev–Trinajstić information content (AvgIpc) is 2.53. The summed E-state index contributed by atoms with van der Waals surface area (Å²) in [5.74, 6) is -0.904. The van der Waals surface area contributed by atoms with Gasteiger partial charge in [-0.05, 0) is 42.0 Å². The maximum absolute atomic E-state index is 11.2. The number of carboxylic acid groups (broad SMARTS) is 1. The third-order valence-electron chi connectivity index (χ3n) is 4.00. The van der Waals surface area contributed by atoms with E-state index in [-0.39, 0.29) is 6.10 Å². The van der Waals surface area contributed by atoms with Crippen molar-refractivity contribution in [3.8, 4) is 0 Å². The average molecular weight is 282 g/mol. The maximum Gasteiger partial charge on any atom is 0.336 e. The Kier molecular flexibility index (Phi) is 4.02. The molecule has 0 fully saturated rings. The summed E-state index contributed by atoms with van der Waals surface area (Å²) >= 11 is 0. The zero-order valence-corrected chi connectivity index (χ0v) is 11.8. The fourth-order valence-corrected chi connectivity index (χ4v) is 2.93. The molecule has 0 saturated carbocycles. The third-order valence-corrected chi connectivity index (χ3v) is 4.00. The number of rotatable bonds is 4. The molecule has 1 aliphatic rings. The number of aromatic carboxylic acids is 1. The number of carboxylic acids is 1. The van der Waals surface area contributed by atoms with Crippen molar-refractivity contribution in [1.82, 2.24) is 0 Å². The Bertz CT molecular complexity index is 648. The zero-order valence-electron chi connectivity index (χ0n) is 11.8.